The zero-order valence-electron chi connectivity index (χ0n) is 11.8. The Morgan fingerprint density at radius 1 is 1.11 bits per heavy atom. The molecule has 0 fully saturated rings. The van der Waals surface area contributed by atoms with Gasteiger partial charge >= 0.3 is 0 Å². The zero-order chi connectivity index (χ0) is 13.4. The van der Waals surface area contributed by atoms with Crippen LogP contribution in [-0.4, -0.2) is 45.3 Å². The van der Waals surface area contributed by atoms with Crippen molar-refractivity contribution in [2.45, 2.75) is 13.8 Å². The van der Waals surface area contributed by atoms with Gasteiger partial charge in [0.2, 0.25) is 0 Å². The van der Waals surface area contributed by atoms with Gasteiger partial charge in [-0.3, -0.25) is 0 Å². The Labute approximate surface area is 110 Å². The van der Waals surface area contributed by atoms with Crippen molar-refractivity contribution in [3.63, 3.8) is 0 Å². The predicted octanol–water partition coefficient (Wildman–Crippen LogP) is 2.46. The lowest BCUT2D eigenvalue weighted by molar-refractivity contribution is 0.331. The molecule has 0 atom stereocenters. The number of hydrogen-bond donors (Lipinski definition) is 1. The molecule has 1 aromatic carbocycles. The van der Waals surface area contributed by atoms with E-state index in [0.29, 0.717) is 13.2 Å². The molecule has 0 radical (unpaired) electrons. The Hall–Kier alpha value is -1.42. The van der Waals surface area contributed by atoms with E-state index in [1.807, 2.05) is 32.0 Å². The van der Waals surface area contributed by atoms with Crippen LogP contribution in [0.4, 0.5) is 5.69 Å². The van der Waals surface area contributed by atoms with Crippen molar-refractivity contribution in [2.24, 2.45) is 0 Å². The number of nitrogens with zero attached hydrogens (tertiary/aromatic N) is 1. The van der Waals surface area contributed by atoms with Gasteiger partial charge in [-0.1, -0.05) is 0 Å². The Morgan fingerprint density at radius 2 is 1.83 bits per heavy atom. The third kappa shape index (κ3) is 4.84. The van der Waals surface area contributed by atoms with Crippen LogP contribution in [0.15, 0.2) is 18.2 Å². The van der Waals surface area contributed by atoms with Gasteiger partial charge in [-0.15, -0.1) is 0 Å². The van der Waals surface area contributed by atoms with Gasteiger partial charge in [-0.05, 0) is 40.1 Å². The molecule has 0 bridgehead atoms. The summed E-state index contributed by atoms with van der Waals surface area (Å²) in [5.74, 6) is 1.74. The van der Waals surface area contributed by atoms with Crippen LogP contribution in [0.1, 0.15) is 13.8 Å². The minimum absolute atomic E-state index is 0.663. The van der Waals surface area contributed by atoms with Crippen LogP contribution in [0.5, 0.6) is 11.5 Å². The molecule has 0 saturated carbocycles. The van der Waals surface area contributed by atoms with Gasteiger partial charge in [0.05, 0.1) is 18.9 Å². The normalized spacial score (nSPS) is 10.5. The van der Waals surface area contributed by atoms with Crippen LogP contribution < -0.4 is 14.8 Å². The first kappa shape index (κ1) is 14.6. The minimum Gasteiger partial charge on any atom is -0.494 e. The molecule has 0 amide bonds. The van der Waals surface area contributed by atoms with Crippen LogP contribution in [0.2, 0.25) is 0 Å². The van der Waals surface area contributed by atoms with Gasteiger partial charge < -0.3 is 19.7 Å². The molecular formula is C14H24N2O2. The van der Waals surface area contributed by atoms with Crippen molar-refractivity contribution in [1.29, 1.82) is 0 Å². The van der Waals surface area contributed by atoms with Crippen molar-refractivity contribution in [3.05, 3.63) is 18.2 Å². The van der Waals surface area contributed by atoms with Gasteiger partial charge in [0.1, 0.15) is 11.5 Å². The van der Waals surface area contributed by atoms with E-state index < -0.39 is 0 Å². The topological polar surface area (TPSA) is 33.7 Å². The molecule has 0 saturated heterocycles. The smallest absolute Gasteiger partial charge is 0.142 e. The summed E-state index contributed by atoms with van der Waals surface area (Å²) in [6.07, 6.45) is 0. The number of ether oxygens (including phenoxy) is 2. The number of benzene rings is 1. The van der Waals surface area contributed by atoms with Gasteiger partial charge in [-0.2, -0.15) is 0 Å². The maximum absolute atomic E-state index is 5.60. The predicted molar refractivity (Wildman–Crippen MR) is 75.8 cm³/mol. The van der Waals surface area contributed by atoms with Crippen LogP contribution in [0.25, 0.3) is 0 Å². The van der Waals surface area contributed by atoms with E-state index >= 15 is 0 Å². The summed E-state index contributed by atoms with van der Waals surface area (Å²) in [4.78, 5) is 2.14. The van der Waals surface area contributed by atoms with E-state index in [0.717, 1.165) is 30.3 Å². The fraction of sp³-hybridized carbons (Fsp3) is 0.571. The summed E-state index contributed by atoms with van der Waals surface area (Å²) in [7, 11) is 4.11. The van der Waals surface area contributed by atoms with Crippen LogP contribution in [0.3, 0.4) is 0 Å². The Morgan fingerprint density at radius 3 is 2.44 bits per heavy atom. The number of hydrogen-bond acceptors (Lipinski definition) is 4. The molecule has 0 spiro atoms. The molecule has 18 heavy (non-hydrogen) atoms. The Bertz CT molecular complexity index is 354. The molecule has 0 aliphatic carbocycles. The van der Waals surface area contributed by atoms with Crippen molar-refractivity contribution in [2.75, 3.05) is 45.7 Å². The van der Waals surface area contributed by atoms with E-state index in [4.69, 9.17) is 9.47 Å². The highest BCUT2D eigenvalue weighted by Gasteiger charge is 2.05. The SMILES string of the molecule is CCOc1ccc(OCC)c(NCCN(C)C)c1. The van der Waals surface area contributed by atoms with E-state index in [1.165, 1.54) is 0 Å². The Balaban J connectivity index is 2.72. The lowest BCUT2D eigenvalue weighted by atomic mass is 10.2. The van der Waals surface area contributed by atoms with Crippen molar-refractivity contribution < 1.29 is 9.47 Å². The molecule has 1 aromatic rings. The maximum Gasteiger partial charge on any atom is 0.142 e. The second-order valence-electron chi connectivity index (χ2n) is 4.25. The highest BCUT2D eigenvalue weighted by atomic mass is 16.5. The summed E-state index contributed by atoms with van der Waals surface area (Å²) in [5.41, 5.74) is 0.990. The van der Waals surface area contributed by atoms with Crippen LogP contribution >= 0.6 is 0 Å². The van der Waals surface area contributed by atoms with E-state index in [9.17, 15) is 0 Å². The van der Waals surface area contributed by atoms with Crippen molar-refractivity contribution in [3.8, 4) is 11.5 Å². The quantitative estimate of drug-likeness (QED) is 0.770. The lowest BCUT2D eigenvalue weighted by Gasteiger charge is -2.16. The number of likely N-dealkylation sites (N-methyl/N-ethyl adjacent to an activating group) is 1. The summed E-state index contributed by atoms with van der Waals surface area (Å²) in [5, 5.41) is 3.38. The molecule has 4 nitrogen and oxygen atoms in total. The Kier molecular flexibility index (Phi) is 6.36. The second kappa shape index (κ2) is 7.82. The molecule has 0 aliphatic heterocycles. The molecule has 0 unspecified atom stereocenters. The van der Waals surface area contributed by atoms with Gasteiger partial charge in [0, 0.05) is 19.2 Å². The number of anilines is 1. The highest BCUT2D eigenvalue weighted by molar-refractivity contribution is 5.59. The third-order valence-electron chi connectivity index (χ3n) is 2.44. The molecule has 0 heterocycles. The van der Waals surface area contributed by atoms with Gasteiger partial charge in [-0.25, -0.2) is 0 Å². The van der Waals surface area contributed by atoms with Gasteiger partial charge in [0.25, 0.3) is 0 Å². The fourth-order valence-electron chi connectivity index (χ4n) is 1.60. The largest absolute Gasteiger partial charge is 0.494 e. The van der Waals surface area contributed by atoms with Crippen molar-refractivity contribution in [1.82, 2.24) is 4.90 Å². The molecule has 1 rings (SSSR count). The highest BCUT2D eigenvalue weighted by Crippen LogP contribution is 2.29. The van der Waals surface area contributed by atoms with Crippen LogP contribution in [-0.2, 0) is 0 Å². The first-order valence-corrected chi connectivity index (χ1v) is 6.45. The average Bonchev–Trinajstić information content (AvgIpc) is 2.32. The third-order valence-corrected chi connectivity index (χ3v) is 2.44. The molecular weight excluding hydrogens is 228 g/mol. The summed E-state index contributed by atoms with van der Waals surface area (Å²) >= 11 is 0. The average molecular weight is 252 g/mol. The first-order chi connectivity index (χ1) is 8.67. The van der Waals surface area contributed by atoms with E-state index in [-0.39, 0.29) is 0 Å². The lowest BCUT2D eigenvalue weighted by Crippen LogP contribution is -2.21. The number of nitrogens with one attached hydrogen (secondary N) is 1. The summed E-state index contributed by atoms with van der Waals surface area (Å²) in [6, 6.07) is 5.88. The zero-order valence-corrected chi connectivity index (χ0v) is 11.8. The maximum atomic E-state index is 5.60. The fourth-order valence-corrected chi connectivity index (χ4v) is 1.60. The molecule has 0 aromatic heterocycles. The summed E-state index contributed by atoms with van der Waals surface area (Å²) < 4.78 is 11.1. The molecule has 1 N–H and O–H groups in total. The van der Waals surface area contributed by atoms with E-state index in [1.54, 1.807) is 0 Å². The van der Waals surface area contributed by atoms with Crippen LogP contribution in [0, 0.1) is 0 Å². The molecule has 102 valence electrons. The first-order valence-electron chi connectivity index (χ1n) is 6.45. The minimum atomic E-state index is 0.663. The van der Waals surface area contributed by atoms with Gasteiger partial charge in [0.15, 0.2) is 0 Å². The monoisotopic (exact) mass is 252 g/mol. The standard InChI is InChI=1S/C14H24N2O2/c1-5-17-12-7-8-14(18-6-2)13(11-12)15-9-10-16(3)4/h7-8,11,15H,5-6,9-10H2,1-4H3. The number of rotatable bonds is 8. The molecule has 0 aliphatic rings. The van der Waals surface area contributed by atoms with E-state index in [2.05, 4.69) is 24.3 Å². The second-order valence-corrected chi connectivity index (χ2v) is 4.25. The molecule has 4 heteroatoms. The van der Waals surface area contributed by atoms with Crippen molar-refractivity contribution >= 4 is 5.69 Å². The summed E-state index contributed by atoms with van der Waals surface area (Å²) in [6.45, 7) is 7.16.